The number of nitrogens with one attached hydrogen (secondary N) is 1. The van der Waals surface area contributed by atoms with E-state index in [0.29, 0.717) is 6.04 Å². The van der Waals surface area contributed by atoms with Crippen molar-refractivity contribution in [3.8, 4) is 0 Å². The summed E-state index contributed by atoms with van der Waals surface area (Å²) in [4.78, 5) is 16.5. The molecule has 1 unspecified atom stereocenters. The molecule has 1 atom stereocenters. The molecule has 2 aliphatic rings. The van der Waals surface area contributed by atoms with Gasteiger partial charge < -0.3 is 15.0 Å². The van der Waals surface area contributed by atoms with E-state index >= 15 is 0 Å². The Labute approximate surface area is 122 Å². The van der Waals surface area contributed by atoms with Gasteiger partial charge in [0, 0.05) is 38.8 Å². The van der Waals surface area contributed by atoms with Crippen molar-refractivity contribution < 1.29 is 9.53 Å². The summed E-state index contributed by atoms with van der Waals surface area (Å²) in [5.41, 5.74) is -0.406. The second kappa shape index (κ2) is 6.76. The number of carbonyl (C=O) groups is 1. The van der Waals surface area contributed by atoms with Crippen LogP contribution in [0.1, 0.15) is 40.0 Å². The standard InChI is InChI=1S/C15H29N3O2/c1-15(2,3)20-14(19)18-9-5-8-17(10-11-18)13-6-4-7-16-12-13/h13,16H,4-12H2,1-3H3. The van der Waals surface area contributed by atoms with Crippen molar-refractivity contribution in [2.45, 2.75) is 51.7 Å². The van der Waals surface area contributed by atoms with E-state index in [9.17, 15) is 4.79 Å². The smallest absolute Gasteiger partial charge is 0.410 e. The molecule has 0 aromatic rings. The Morgan fingerprint density at radius 2 is 1.95 bits per heavy atom. The maximum atomic E-state index is 12.1. The lowest BCUT2D eigenvalue weighted by atomic mass is 10.1. The van der Waals surface area contributed by atoms with E-state index in [2.05, 4.69) is 10.2 Å². The van der Waals surface area contributed by atoms with E-state index in [-0.39, 0.29) is 6.09 Å². The van der Waals surface area contributed by atoms with Gasteiger partial charge in [-0.2, -0.15) is 0 Å². The van der Waals surface area contributed by atoms with Gasteiger partial charge in [-0.25, -0.2) is 4.79 Å². The van der Waals surface area contributed by atoms with E-state index in [1.807, 2.05) is 25.7 Å². The molecule has 0 aliphatic carbocycles. The third kappa shape index (κ3) is 4.63. The predicted molar refractivity (Wildman–Crippen MR) is 79.9 cm³/mol. The summed E-state index contributed by atoms with van der Waals surface area (Å²) >= 11 is 0. The number of rotatable bonds is 1. The second-order valence-electron chi connectivity index (χ2n) is 6.86. The lowest BCUT2D eigenvalue weighted by Crippen LogP contribution is -2.47. The van der Waals surface area contributed by atoms with Crippen molar-refractivity contribution in [3.05, 3.63) is 0 Å². The fraction of sp³-hybridized carbons (Fsp3) is 0.933. The van der Waals surface area contributed by atoms with Crippen LogP contribution in [-0.4, -0.2) is 66.8 Å². The molecule has 2 aliphatic heterocycles. The third-order valence-corrected chi connectivity index (χ3v) is 3.97. The molecule has 0 aromatic carbocycles. The number of piperidine rings is 1. The van der Waals surface area contributed by atoms with E-state index in [1.54, 1.807) is 0 Å². The van der Waals surface area contributed by atoms with Gasteiger partial charge in [0.15, 0.2) is 0 Å². The maximum Gasteiger partial charge on any atom is 0.410 e. The molecule has 2 rings (SSSR count). The fourth-order valence-corrected chi connectivity index (χ4v) is 2.96. The van der Waals surface area contributed by atoms with Gasteiger partial charge in [0.05, 0.1) is 0 Å². The van der Waals surface area contributed by atoms with Crippen LogP contribution in [0.3, 0.4) is 0 Å². The summed E-state index contributed by atoms with van der Waals surface area (Å²) in [5, 5.41) is 3.47. The Hall–Kier alpha value is -0.810. The number of hydrogen-bond donors (Lipinski definition) is 1. The molecule has 2 fully saturated rings. The van der Waals surface area contributed by atoms with E-state index in [1.165, 1.54) is 12.8 Å². The van der Waals surface area contributed by atoms with Crippen LogP contribution in [0, 0.1) is 0 Å². The Kier molecular flexibility index (Phi) is 5.27. The first-order valence-electron chi connectivity index (χ1n) is 7.88. The maximum absolute atomic E-state index is 12.1. The normalized spacial score (nSPS) is 26.1. The molecule has 0 radical (unpaired) electrons. The molecule has 2 heterocycles. The highest BCUT2D eigenvalue weighted by Crippen LogP contribution is 2.15. The van der Waals surface area contributed by atoms with E-state index in [0.717, 1.165) is 45.7 Å². The first-order valence-corrected chi connectivity index (χ1v) is 7.88. The highest BCUT2D eigenvalue weighted by molar-refractivity contribution is 5.68. The largest absolute Gasteiger partial charge is 0.444 e. The number of carbonyl (C=O) groups excluding carboxylic acids is 1. The summed E-state index contributed by atoms with van der Waals surface area (Å²) in [6, 6.07) is 0.641. The zero-order chi connectivity index (χ0) is 14.6. The Balaban J connectivity index is 1.83. The van der Waals surface area contributed by atoms with Crippen LogP contribution in [0.25, 0.3) is 0 Å². The Bertz CT molecular complexity index is 322. The molecule has 20 heavy (non-hydrogen) atoms. The van der Waals surface area contributed by atoms with Gasteiger partial charge in [-0.3, -0.25) is 4.90 Å². The summed E-state index contributed by atoms with van der Waals surface area (Å²) < 4.78 is 5.47. The molecule has 116 valence electrons. The van der Waals surface area contributed by atoms with Gasteiger partial charge in [0.2, 0.25) is 0 Å². The van der Waals surface area contributed by atoms with Crippen LogP contribution in [-0.2, 0) is 4.74 Å². The molecule has 0 saturated carbocycles. The number of amides is 1. The van der Waals surface area contributed by atoms with Gasteiger partial charge in [-0.05, 0) is 46.6 Å². The van der Waals surface area contributed by atoms with Gasteiger partial charge in [-0.1, -0.05) is 0 Å². The molecule has 0 spiro atoms. The molecule has 5 nitrogen and oxygen atoms in total. The van der Waals surface area contributed by atoms with Crippen molar-refractivity contribution in [3.63, 3.8) is 0 Å². The zero-order valence-electron chi connectivity index (χ0n) is 13.2. The molecular formula is C15H29N3O2. The zero-order valence-corrected chi connectivity index (χ0v) is 13.2. The Morgan fingerprint density at radius 3 is 2.60 bits per heavy atom. The summed E-state index contributed by atoms with van der Waals surface area (Å²) in [5.74, 6) is 0. The number of hydrogen-bond acceptors (Lipinski definition) is 4. The minimum Gasteiger partial charge on any atom is -0.444 e. The van der Waals surface area contributed by atoms with Crippen LogP contribution in [0.2, 0.25) is 0 Å². The Morgan fingerprint density at radius 1 is 1.15 bits per heavy atom. The molecule has 0 bridgehead atoms. The van der Waals surface area contributed by atoms with Gasteiger partial charge in [0.25, 0.3) is 0 Å². The van der Waals surface area contributed by atoms with Crippen molar-refractivity contribution in [2.75, 3.05) is 39.3 Å². The first-order chi connectivity index (χ1) is 9.46. The SMILES string of the molecule is CC(C)(C)OC(=O)N1CCCN(C2CCCNC2)CC1. The highest BCUT2D eigenvalue weighted by Gasteiger charge is 2.27. The topological polar surface area (TPSA) is 44.8 Å². The quantitative estimate of drug-likeness (QED) is 0.795. The number of ether oxygens (including phenoxy) is 1. The van der Waals surface area contributed by atoms with Crippen molar-refractivity contribution in [1.82, 2.24) is 15.1 Å². The van der Waals surface area contributed by atoms with Crippen molar-refractivity contribution >= 4 is 6.09 Å². The van der Waals surface area contributed by atoms with Crippen molar-refractivity contribution in [2.24, 2.45) is 0 Å². The fourth-order valence-electron chi connectivity index (χ4n) is 2.96. The van der Waals surface area contributed by atoms with Gasteiger partial charge in [0.1, 0.15) is 5.60 Å². The van der Waals surface area contributed by atoms with Crippen LogP contribution in [0.15, 0.2) is 0 Å². The van der Waals surface area contributed by atoms with Crippen LogP contribution < -0.4 is 5.32 Å². The number of nitrogens with zero attached hydrogens (tertiary/aromatic N) is 2. The van der Waals surface area contributed by atoms with Gasteiger partial charge >= 0.3 is 6.09 Å². The van der Waals surface area contributed by atoms with Crippen molar-refractivity contribution in [1.29, 1.82) is 0 Å². The monoisotopic (exact) mass is 283 g/mol. The second-order valence-corrected chi connectivity index (χ2v) is 6.86. The lowest BCUT2D eigenvalue weighted by Gasteiger charge is -2.33. The molecule has 0 aromatic heterocycles. The van der Waals surface area contributed by atoms with Crippen LogP contribution >= 0.6 is 0 Å². The average Bonchev–Trinajstić information content (AvgIpc) is 2.63. The molecule has 1 N–H and O–H groups in total. The molecule has 5 heteroatoms. The molecular weight excluding hydrogens is 254 g/mol. The van der Waals surface area contributed by atoms with Gasteiger partial charge in [-0.15, -0.1) is 0 Å². The predicted octanol–water partition coefficient (Wildman–Crippen LogP) is 1.68. The first kappa shape index (κ1) is 15.6. The minimum atomic E-state index is -0.406. The highest BCUT2D eigenvalue weighted by atomic mass is 16.6. The summed E-state index contributed by atoms with van der Waals surface area (Å²) in [6.07, 6.45) is 3.41. The molecule has 1 amide bonds. The van der Waals surface area contributed by atoms with E-state index < -0.39 is 5.60 Å². The minimum absolute atomic E-state index is 0.166. The molecule has 2 saturated heterocycles. The summed E-state index contributed by atoms with van der Waals surface area (Å²) in [7, 11) is 0. The lowest BCUT2D eigenvalue weighted by molar-refractivity contribution is 0.0254. The van der Waals surface area contributed by atoms with Crippen LogP contribution in [0.4, 0.5) is 4.79 Å². The third-order valence-electron chi connectivity index (χ3n) is 3.97. The average molecular weight is 283 g/mol. The van der Waals surface area contributed by atoms with Crippen LogP contribution in [0.5, 0.6) is 0 Å². The van der Waals surface area contributed by atoms with E-state index in [4.69, 9.17) is 4.74 Å². The summed E-state index contributed by atoms with van der Waals surface area (Å²) in [6.45, 7) is 11.6.